The van der Waals surface area contributed by atoms with Crippen LogP contribution < -0.4 is 5.56 Å². The molecule has 0 aliphatic heterocycles. The minimum Gasteiger partial charge on any atom is -0.305 e. The van der Waals surface area contributed by atoms with Crippen molar-refractivity contribution in [1.29, 1.82) is 5.26 Å². The number of aromatic nitrogens is 3. The van der Waals surface area contributed by atoms with Gasteiger partial charge in [-0.05, 0) is 6.07 Å². The molecule has 0 spiro atoms. The van der Waals surface area contributed by atoms with E-state index in [4.69, 9.17) is 5.26 Å². The first-order valence-corrected chi connectivity index (χ1v) is 5.20. The summed E-state index contributed by atoms with van der Waals surface area (Å²) in [5.74, 6) is 0. The molecule has 0 bridgehead atoms. The van der Waals surface area contributed by atoms with Gasteiger partial charge in [0.25, 0.3) is 11.2 Å². The van der Waals surface area contributed by atoms with Crippen molar-refractivity contribution in [3.8, 4) is 6.07 Å². The molecule has 3 aromatic rings. The summed E-state index contributed by atoms with van der Waals surface area (Å²) >= 11 is 0. The first-order valence-electron chi connectivity index (χ1n) is 5.20. The van der Waals surface area contributed by atoms with Gasteiger partial charge < -0.3 is 4.98 Å². The van der Waals surface area contributed by atoms with Gasteiger partial charge >= 0.3 is 0 Å². The normalized spacial score (nSPS) is 10.7. The third-order valence-electron chi connectivity index (χ3n) is 2.79. The number of nitriles is 1. The summed E-state index contributed by atoms with van der Waals surface area (Å²) in [7, 11) is 0. The molecular weight excluding hydrogens is 250 g/mol. The molecule has 2 aromatic heterocycles. The van der Waals surface area contributed by atoms with Crippen LogP contribution in [0.5, 0.6) is 0 Å². The van der Waals surface area contributed by atoms with E-state index in [0.717, 1.165) is 0 Å². The van der Waals surface area contributed by atoms with Crippen LogP contribution in [-0.2, 0) is 0 Å². The van der Waals surface area contributed by atoms with Crippen molar-refractivity contribution in [3.05, 3.63) is 50.4 Å². The molecule has 0 radical (unpaired) electrons. The lowest BCUT2D eigenvalue weighted by Crippen LogP contribution is -2.10. The number of rotatable bonds is 1. The van der Waals surface area contributed by atoms with E-state index in [2.05, 4.69) is 10.1 Å². The standard InChI is InChI=1S/C11H5N5O3/c12-4-6-5-13-15-9-3-7(16(18)19)1-2-8(9)11(17)14-10(6)15/h1-3,5H,(H,14,17). The number of fused-ring (bicyclic) bond motifs is 3. The van der Waals surface area contributed by atoms with E-state index in [-0.39, 0.29) is 27.8 Å². The van der Waals surface area contributed by atoms with E-state index in [1.54, 1.807) is 0 Å². The van der Waals surface area contributed by atoms with E-state index >= 15 is 0 Å². The Bertz CT molecular complexity index is 931. The Hall–Kier alpha value is -3.21. The molecule has 92 valence electrons. The van der Waals surface area contributed by atoms with Gasteiger partial charge in [-0.25, -0.2) is 4.52 Å². The summed E-state index contributed by atoms with van der Waals surface area (Å²) in [5.41, 5.74) is 0.142. The van der Waals surface area contributed by atoms with Gasteiger partial charge in [0.2, 0.25) is 0 Å². The number of nitrogens with zero attached hydrogens (tertiary/aromatic N) is 4. The van der Waals surface area contributed by atoms with E-state index in [1.807, 2.05) is 6.07 Å². The third kappa shape index (κ3) is 1.45. The molecule has 0 saturated heterocycles. The van der Waals surface area contributed by atoms with Gasteiger partial charge in [-0.15, -0.1) is 0 Å². The molecule has 8 nitrogen and oxygen atoms in total. The summed E-state index contributed by atoms with van der Waals surface area (Å²) in [6.07, 6.45) is 1.30. The molecule has 0 fully saturated rings. The zero-order chi connectivity index (χ0) is 13.6. The van der Waals surface area contributed by atoms with Crippen molar-refractivity contribution in [2.75, 3.05) is 0 Å². The van der Waals surface area contributed by atoms with Gasteiger partial charge in [0.1, 0.15) is 11.6 Å². The molecule has 0 atom stereocenters. The highest BCUT2D eigenvalue weighted by atomic mass is 16.6. The second-order valence-electron chi connectivity index (χ2n) is 3.84. The fourth-order valence-corrected chi connectivity index (χ4v) is 1.91. The maximum absolute atomic E-state index is 11.9. The summed E-state index contributed by atoms with van der Waals surface area (Å²) in [5, 5.41) is 23.9. The van der Waals surface area contributed by atoms with E-state index in [0.29, 0.717) is 0 Å². The highest BCUT2D eigenvalue weighted by Crippen LogP contribution is 2.19. The monoisotopic (exact) mass is 255 g/mol. The van der Waals surface area contributed by atoms with Crippen molar-refractivity contribution in [1.82, 2.24) is 14.6 Å². The topological polar surface area (TPSA) is 117 Å². The van der Waals surface area contributed by atoms with Crippen LogP contribution in [0.4, 0.5) is 5.69 Å². The molecule has 2 heterocycles. The lowest BCUT2D eigenvalue weighted by molar-refractivity contribution is -0.384. The lowest BCUT2D eigenvalue weighted by Gasteiger charge is -2.01. The number of benzene rings is 1. The number of H-pyrrole nitrogens is 1. The number of non-ortho nitro benzene ring substituents is 1. The Morgan fingerprint density at radius 2 is 2.26 bits per heavy atom. The first-order chi connectivity index (χ1) is 9.11. The Morgan fingerprint density at radius 1 is 1.47 bits per heavy atom. The summed E-state index contributed by atoms with van der Waals surface area (Å²) in [6, 6.07) is 5.76. The van der Waals surface area contributed by atoms with Gasteiger partial charge in [0, 0.05) is 12.1 Å². The molecule has 1 N–H and O–H groups in total. The molecule has 19 heavy (non-hydrogen) atoms. The van der Waals surface area contributed by atoms with E-state index in [1.165, 1.54) is 28.9 Å². The second-order valence-corrected chi connectivity index (χ2v) is 3.84. The van der Waals surface area contributed by atoms with Crippen LogP contribution in [0, 0.1) is 21.4 Å². The molecule has 0 unspecified atom stereocenters. The van der Waals surface area contributed by atoms with Crippen LogP contribution in [0.3, 0.4) is 0 Å². The zero-order valence-corrected chi connectivity index (χ0v) is 9.32. The maximum atomic E-state index is 11.9. The largest absolute Gasteiger partial charge is 0.305 e. The lowest BCUT2D eigenvalue weighted by atomic mass is 10.2. The van der Waals surface area contributed by atoms with Crippen molar-refractivity contribution in [2.24, 2.45) is 0 Å². The zero-order valence-electron chi connectivity index (χ0n) is 9.32. The van der Waals surface area contributed by atoms with Crippen molar-refractivity contribution < 1.29 is 4.92 Å². The van der Waals surface area contributed by atoms with Crippen LogP contribution in [0.25, 0.3) is 16.6 Å². The fraction of sp³-hybridized carbons (Fsp3) is 0. The van der Waals surface area contributed by atoms with Gasteiger partial charge in [-0.1, -0.05) is 0 Å². The minimum atomic E-state index is -0.554. The quantitative estimate of drug-likeness (QED) is 0.513. The van der Waals surface area contributed by atoms with Crippen molar-refractivity contribution >= 4 is 22.2 Å². The molecular formula is C11H5N5O3. The summed E-state index contributed by atoms with van der Waals surface area (Å²) in [4.78, 5) is 24.6. The molecule has 3 rings (SSSR count). The van der Waals surface area contributed by atoms with Crippen molar-refractivity contribution in [2.45, 2.75) is 0 Å². The first kappa shape index (κ1) is 10.9. The number of hydrogen-bond acceptors (Lipinski definition) is 5. The Kier molecular flexibility index (Phi) is 2.09. The number of aromatic amines is 1. The smallest absolute Gasteiger partial charge is 0.271 e. The maximum Gasteiger partial charge on any atom is 0.271 e. The average Bonchev–Trinajstić information content (AvgIpc) is 2.81. The minimum absolute atomic E-state index is 0.145. The predicted octanol–water partition coefficient (Wildman–Crippen LogP) is 0.956. The van der Waals surface area contributed by atoms with Crippen LogP contribution in [0.15, 0.2) is 29.2 Å². The predicted molar refractivity (Wildman–Crippen MR) is 64.7 cm³/mol. The highest BCUT2D eigenvalue weighted by molar-refractivity contribution is 5.83. The van der Waals surface area contributed by atoms with Gasteiger partial charge in [-0.3, -0.25) is 14.9 Å². The molecule has 0 saturated carbocycles. The summed E-state index contributed by atoms with van der Waals surface area (Å²) in [6.45, 7) is 0. The van der Waals surface area contributed by atoms with Crippen LogP contribution >= 0.6 is 0 Å². The molecule has 0 aliphatic carbocycles. The van der Waals surface area contributed by atoms with Crippen LogP contribution in [0.2, 0.25) is 0 Å². The number of nitro groups is 1. The summed E-state index contributed by atoms with van der Waals surface area (Å²) < 4.78 is 1.31. The SMILES string of the molecule is N#Cc1cnn2c1[nH]c(=O)c1ccc([N+](=O)[O-])cc12. The molecule has 8 heteroatoms. The Balaban J connectivity index is 2.55. The van der Waals surface area contributed by atoms with Gasteiger partial charge in [0.15, 0.2) is 5.65 Å². The third-order valence-corrected chi connectivity index (χ3v) is 2.79. The van der Waals surface area contributed by atoms with Crippen molar-refractivity contribution in [3.63, 3.8) is 0 Å². The highest BCUT2D eigenvalue weighted by Gasteiger charge is 2.13. The van der Waals surface area contributed by atoms with Crippen LogP contribution in [0.1, 0.15) is 5.56 Å². The Labute approximate surface area is 104 Å². The van der Waals surface area contributed by atoms with Gasteiger partial charge in [0.05, 0.1) is 22.0 Å². The molecule has 0 aliphatic rings. The number of hydrogen-bond donors (Lipinski definition) is 1. The molecule has 1 aromatic carbocycles. The van der Waals surface area contributed by atoms with E-state index < -0.39 is 10.5 Å². The Morgan fingerprint density at radius 3 is 2.95 bits per heavy atom. The average molecular weight is 255 g/mol. The second kappa shape index (κ2) is 3.64. The van der Waals surface area contributed by atoms with E-state index in [9.17, 15) is 14.9 Å². The van der Waals surface area contributed by atoms with Gasteiger partial charge in [-0.2, -0.15) is 10.4 Å². The molecule has 0 amide bonds. The fourth-order valence-electron chi connectivity index (χ4n) is 1.91. The number of nitro benzene ring substituents is 1. The van der Waals surface area contributed by atoms with Crippen LogP contribution in [-0.4, -0.2) is 19.5 Å². The number of nitrogens with one attached hydrogen (secondary N) is 1.